The Balaban J connectivity index is 2.74. The van der Waals surface area contributed by atoms with Gasteiger partial charge in [0.05, 0.1) is 0 Å². The molecule has 0 radical (unpaired) electrons. The standard InChI is InChI=1S/C12H17NO/c1-3-11-8-10(5-4-9(11)2)6-7-12(13)14/h4-5,8H,3,6-7H2,1-2H3,(H2,13,14). The van der Waals surface area contributed by atoms with E-state index in [0.717, 1.165) is 12.8 Å². The molecule has 76 valence electrons. The molecule has 0 spiro atoms. The van der Waals surface area contributed by atoms with E-state index in [1.54, 1.807) is 0 Å². The summed E-state index contributed by atoms with van der Waals surface area (Å²) in [6.07, 6.45) is 2.23. The van der Waals surface area contributed by atoms with Gasteiger partial charge in [0.25, 0.3) is 0 Å². The van der Waals surface area contributed by atoms with E-state index >= 15 is 0 Å². The average molecular weight is 191 g/mol. The third kappa shape index (κ3) is 2.87. The summed E-state index contributed by atoms with van der Waals surface area (Å²) >= 11 is 0. The van der Waals surface area contributed by atoms with Gasteiger partial charge in [0, 0.05) is 6.42 Å². The first-order chi connectivity index (χ1) is 6.63. The molecule has 0 atom stereocenters. The molecule has 1 amide bonds. The second-order valence-corrected chi connectivity index (χ2v) is 3.58. The zero-order chi connectivity index (χ0) is 10.6. The van der Waals surface area contributed by atoms with Gasteiger partial charge in [-0.2, -0.15) is 0 Å². The molecule has 0 heterocycles. The van der Waals surface area contributed by atoms with Crippen LogP contribution >= 0.6 is 0 Å². The zero-order valence-corrected chi connectivity index (χ0v) is 8.84. The number of nitrogens with two attached hydrogens (primary N) is 1. The predicted octanol–water partition coefficient (Wildman–Crippen LogP) is 1.98. The Morgan fingerprint density at radius 1 is 1.43 bits per heavy atom. The highest BCUT2D eigenvalue weighted by molar-refractivity contribution is 5.74. The maximum atomic E-state index is 10.6. The predicted molar refractivity (Wildman–Crippen MR) is 58.1 cm³/mol. The molecule has 0 saturated heterocycles. The quantitative estimate of drug-likeness (QED) is 0.777. The first-order valence-electron chi connectivity index (χ1n) is 5.00. The number of primary amides is 1. The maximum Gasteiger partial charge on any atom is 0.217 e. The van der Waals surface area contributed by atoms with Crippen molar-refractivity contribution >= 4 is 5.91 Å². The molecular formula is C12H17NO. The zero-order valence-electron chi connectivity index (χ0n) is 8.84. The summed E-state index contributed by atoms with van der Waals surface area (Å²) in [5.41, 5.74) is 8.97. The number of hydrogen-bond donors (Lipinski definition) is 1. The topological polar surface area (TPSA) is 43.1 Å². The number of carbonyl (C=O) groups is 1. The number of carbonyl (C=O) groups excluding carboxylic acids is 1. The first kappa shape index (κ1) is 10.8. The van der Waals surface area contributed by atoms with Crippen molar-refractivity contribution in [2.75, 3.05) is 0 Å². The third-order valence-electron chi connectivity index (χ3n) is 2.45. The number of amides is 1. The van der Waals surface area contributed by atoms with Gasteiger partial charge in [-0.05, 0) is 36.5 Å². The van der Waals surface area contributed by atoms with Crippen LogP contribution in [0.15, 0.2) is 18.2 Å². The minimum atomic E-state index is -0.233. The van der Waals surface area contributed by atoms with E-state index in [0.29, 0.717) is 6.42 Å². The molecule has 2 N–H and O–H groups in total. The summed E-state index contributed by atoms with van der Waals surface area (Å²) < 4.78 is 0. The van der Waals surface area contributed by atoms with E-state index in [9.17, 15) is 4.79 Å². The molecule has 0 aromatic heterocycles. The lowest BCUT2D eigenvalue weighted by atomic mass is 10.0. The molecule has 1 aromatic rings. The van der Waals surface area contributed by atoms with Gasteiger partial charge in [-0.1, -0.05) is 25.1 Å². The molecule has 0 unspecified atom stereocenters. The van der Waals surface area contributed by atoms with Crippen molar-refractivity contribution in [3.05, 3.63) is 34.9 Å². The first-order valence-corrected chi connectivity index (χ1v) is 5.00. The van der Waals surface area contributed by atoms with Crippen molar-refractivity contribution in [3.63, 3.8) is 0 Å². The molecule has 1 aromatic carbocycles. The molecule has 0 saturated carbocycles. The SMILES string of the molecule is CCc1cc(CCC(N)=O)ccc1C. The van der Waals surface area contributed by atoms with Crippen molar-refractivity contribution in [3.8, 4) is 0 Å². The fraction of sp³-hybridized carbons (Fsp3) is 0.417. The van der Waals surface area contributed by atoms with Crippen LogP contribution in [-0.4, -0.2) is 5.91 Å². The van der Waals surface area contributed by atoms with Gasteiger partial charge in [-0.3, -0.25) is 4.79 Å². The second-order valence-electron chi connectivity index (χ2n) is 3.58. The Morgan fingerprint density at radius 3 is 2.71 bits per heavy atom. The van der Waals surface area contributed by atoms with Gasteiger partial charge in [0.15, 0.2) is 0 Å². The minimum Gasteiger partial charge on any atom is -0.370 e. The summed E-state index contributed by atoms with van der Waals surface area (Å²) in [7, 11) is 0. The fourth-order valence-electron chi connectivity index (χ4n) is 1.53. The van der Waals surface area contributed by atoms with Crippen molar-refractivity contribution < 1.29 is 4.79 Å². The van der Waals surface area contributed by atoms with Crippen LogP contribution < -0.4 is 5.73 Å². The van der Waals surface area contributed by atoms with E-state index in [1.807, 2.05) is 0 Å². The summed E-state index contributed by atoms with van der Waals surface area (Å²) in [4.78, 5) is 10.6. The van der Waals surface area contributed by atoms with Crippen LogP contribution in [0.25, 0.3) is 0 Å². The van der Waals surface area contributed by atoms with Crippen LogP contribution in [0.2, 0.25) is 0 Å². The fourth-order valence-corrected chi connectivity index (χ4v) is 1.53. The largest absolute Gasteiger partial charge is 0.370 e. The normalized spacial score (nSPS) is 10.1. The van der Waals surface area contributed by atoms with Crippen molar-refractivity contribution in [2.24, 2.45) is 5.73 Å². The maximum absolute atomic E-state index is 10.6. The molecule has 0 aliphatic heterocycles. The smallest absolute Gasteiger partial charge is 0.217 e. The van der Waals surface area contributed by atoms with E-state index in [1.165, 1.54) is 16.7 Å². The molecule has 14 heavy (non-hydrogen) atoms. The van der Waals surface area contributed by atoms with Gasteiger partial charge in [-0.15, -0.1) is 0 Å². The Morgan fingerprint density at radius 2 is 2.14 bits per heavy atom. The van der Waals surface area contributed by atoms with E-state index in [2.05, 4.69) is 32.0 Å². The van der Waals surface area contributed by atoms with Crippen LogP contribution in [-0.2, 0) is 17.6 Å². The highest BCUT2D eigenvalue weighted by Gasteiger charge is 2.00. The number of hydrogen-bond acceptors (Lipinski definition) is 1. The van der Waals surface area contributed by atoms with Gasteiger partial charge in [0.2, 0.25) is 5.91 Å². The van der Waals surface area contributed by atoms with Gasteiger partial charge in [0.1, 0.15) is 0 Å². The van der Waals surface area contributed by atoms with Crippen molar-refractivity contribution in [2.45, 2.75) is 33.1 Å². The Kier molecular flexibility index (Phi) is 3.69. The molecule has 1 rings (SSSR count). The second kappa shape index (κ2) is 4.80. The number of aryl methyl sites for hydroxylation is 3. The van der Waals surface area contributed by atoms with Gasteiger partial charge < -0.3 is 5.73 Å². The summed E-state index contributed by atoms with van der Waals surface area (Å²) in [5, 5.41) is 0. The summed E-state index contributed by atoms with van der Waals surface area (Å²) in [5.74, 6) is -0.233. The van der Waals surface area contributed by atoms with Crippen molar-refractivity contribution in [1.29, 1.82) is 0 Å². The summed E-state index contributed by atoms with van der Waals surface area (Å²) in [6, 6.07) is 6.34. The minimum absolute atomic E-state index is 0.233. The molecule has 0 aliphatic carbocycles. The van der Waals surface area contributed by atoms with E-state index < -0.39 is 0 Å². The number of benzene rings is 1. The molecule has 0 aliphatic rings. The van der Waals surface area contributed by atoms with Crippen LogP contribution in [0, 0.1) is 6.92 Å². The molecule has 2 heteroatoms. The van der Waals surface area contributed by atoms with Crippen LogP contribution in [0.5, 0.6) is 0 Å². The van der Waals surface area contributed by atoms with E-state index in [4.69, 9.17) is 5.73 Å². The molecule has 0 bridgehead atoms. The van der Waals surface area contributed by atoms with Crippen LogP contribution in [0.3, 0.4) is 0 Å². The summed E-state index contributed by atoms with van der Waals surface area (Å²) in [6.45, 7) is 4.25. The average Bonchev–Trinajstić information content (AvgIpc) is 2.16. The van der Waals surface area contributed by atoms with Crippen molar-refractivity contribution in [1.82, 2.24) is 0 Å². The van der Waals surface area contributed by atoms with Gasteiger partial charge in [-0.25, -0.2) is 0 Å². The highest BCUT2D eigenvalue weighted by atomic mass is 16.1. The molecule has 0 fully saturated rings. The highest BCUT2D eigenvalue weighted by Crippen LogP contribution is 2.13. The van der Waals surface area contributed by atoms with Gasteiger partial charge >= 0.3 is 0 Å². The molecular weight excluding hydrogens is 174 g/mol. The Hall–Kier alpha value is -1.31. The monoisotopic (exact) mass is 191 g/mol. The lowest BCUT2D eigenvalue weighted by molar-refractivity contribution is -0.117. The van der Waals surface area contributed by atoms with E-state index in [-0.39, 0.29) is 5.91 Å². The molecule has 2 nitrogen and oxygen atoms in total. The Bertz CT molecular complexity index is 331. The lowest BCUT2D eigenvalue weighted by Gasteiger charge is -2.06. The number of rotatable bonds is 4. The van der Waals surface area contributed by atoms with Crippen LogP contribution in [0.4, 0.5) is 0 Å². The lowest BCUT2D eigenvalue weighted by Crippen LogP contribution is -2.11. The van der Waals surface area contributed by atoms with Crippen LogP contribution in [0.1, 0.15) is 30.0 Å². The Labute approximate surface area is 85.1 Å². The third-order valence-corrected chi connectivity index (χ3v) is 2.45.